The van der Waals surface area contributed by atoms with Crippen molar-refractivity contribution < 1.29 is 33.8 Å². The van der Waals surface area contributed by atoms with Gasteiger partial charge in [-0.3, -0.25) is 19.2 Å². The summed E-state index contributed by atoms with van der Waals surface area (Å²) >= 11 is 0. The minimum atomic E-state index is -1.29. The zero-order valence-electron chi connectivity index (χ0n) is 29.2. The Morgan fingerprint density at radius 3 is 2.41 bits per heavy atom. The summed E-state index contributed by atoms with van der Waals surface area (Å²) in [6.45, 7) is 5.75. The van der Waals surface area contributed by atoms with Crippen LogP contribution in [0, 0.1) is 5.92 Å². The molecular weight excluding hydrogens is 656 g/mol. The van der Waals surface area contributed by atoms with E-state index in [1.54, 1.807) is 73.4 Å². The van der Waals surface area contributed by atoms with E-state index in [0.29, 0.717) is 23.4 Å². The van der Waals surface area contributed by atoms with Crippen LogP contribution in [0.4, 0.5) is 0 Å². The van der Waals surface area contributed by atoms with Gasteiger partial charge < -0.3 is 36.0 Å². The molecule has 51 heavy (non-hydrogen) atoms. The van der Waals surface area contributed by atoms with E-state index < -0.39 is 59.9 Å². The number of aliphatic carboxylic acids is 1. The number of hydrogen-bond acceptors (Lipinski definition) is 9. The second kappa shape index (κ2) is 16.6. The molecule has 0 aliphatic carbocycles. The van der Waals surface area contributed by atoms with Crippen LogP contribution in [0.3, 0.4) is 0 Å². The molecule has 6 unspecified atom stereocenters. The maximum absolute atomic E-state index is 14.3. The molecule has 1 fully saturated rings. The number of likely N-dealkylation sites (N-methyl/N-ethyl adjacent to an activating group) is 1. The smallest absolute Gasteiger partial charge is 0.326 e. The lowest BCUT2D eigenvalue weighted by Crippen LogP contribution is -2.58. The third-order valence-electron chi connectivity index (χ3n) is 9.22. The van der Waals surface area contributed by atoms with Crippen molar-refractivity contribution in [3.05, 3.63) is 77.6 Å². The lowest BCUT2D eigenvalue weighted by molar-refractivity contribution is -0.143. The van der Waals surface area contributed by atoms with Gasteiger partial charge in [-0.25, -0.2) is 9.48 Å². The molecule has 15 heteroatoms. The summed E-state index contributed by atoms with van der Waals surface area (Å²) in [5, 5.41) is 29.8. The number of likely N-dealkylation sites (tertiary alicyclic amines) is 1. The molecule has 6 bridgehead atoms. The molecule has 5 N–H and O–H groups in total. The van der Waals surface area contributed by atoms with Crippen molar-refractivity contribution in [3.63, 3.8) is 0 Å². The van der Waals surface area contributed by atoms with Gasteiger partial charge in [0.2, 0.25) is 23.6 Å². The maximum atomic E-state index is 14.3. The first kappa shape index (κ1) is 37.0. The van der Waals surface area contributed by atoms with Gasteiger partial charge in [0, 0.05) is 25.8 Å². The van der Waals surface area contributed by atoms with Crippen molar-refractivity contribution in [1.82, 2.24) is 41.2 Å². The van der Waals surface area contributed by atoms with E-state index in [0.717, 1.165) is 5.56 Å². The molecule has 0 spiro atoms. The largest absolute Gasteiger partial charge is 0.487 e. The number of amides is 4. The molecule has 272 valence electrons. The van der Waals surface area contributed by atoms with Crippen molar-refractivity contribution in [2.75, 3.05) is 13.6 Å². The fourth-order valence-electron chi connectivity index (χ4n) is 6.29. The molecule has 6 rings (SSSR count). The van der Waals surface area contributed by atoms with Gasteiger partial charge in [0.25, 0.3) is 0 Å². The van der Waals surface area contributed by atoms with E-state index in [9.17, 15) is 29.1 Å². The van der Waals surface area contributed by atoms with Crippen LogP contribution in [0.5, 0.6) is 5.75 Å². The van der Waals surface area contributed by atoms with Gasteiger partial charge in [0.15, 0.2) is 0 Å². The van der Waals surface area contributed by atoms with E-state index in [-0.39, 0.29) is 44.2 Å². The fraction of sp³-hybridized carbons (Fsp3) is 0.472. The number of aromatic nitrogens is 3. The molecule has 4 heterocycles. The predicted octanol–water partition coefficient (Wildman–Crippen LogP) is 0.991. The van der Waals surface area contributed by atoms with Crippen LogP contribution in [0.25, 0.3) is 0 Å². The molecule has 6 atom stereocenters. The normalized spacial score (nSPS) is 22.1. The lowest BCUT2D eigenvalue weighted by Gasteiger charge is -2.31. The first-order valence-electron chi connectivity index (χ1n) is 17.2. The number of hydrogen-bond donors (Lipinski definition) is 5. The highest BCUT2D eigenvalue weighted by molar-refractivity contribution is 5.96. The Labute approximate surface area is 296 Å². The minimum absolute atomic E-state index is 0.0105. The van der Waals surface area contributed by atoms with E-state index in [2.05, 4.69) is 31.6 Å². The number of carboxylic acid groups (broad SMARTS) is 1. The number of nitrogens with zero attached hydrogens (tertiary/aromatic N) is 4. The summed E-state index contributed by atoms with van der Waals surface area (Å²) in [6, 6.07) is 10.5. The Morgan fingerprint density at radius 2 is 1.75 bits per heavy atom. The van der Waals surface area contributed by atoms with Crippen LogP contribution >= 0.6 is 0 Å². The van der Waals surface area contributed by atoms with Gasteiger partial charge in [0.1, 0.15) is 42.2 Å². The first-order valence-corrected chi connectivity index (χ1v) is 17.2. The summed E-state index contributed by atoms with van der Waals surface area (Å²) in [4.78, 5) is 69.2. The van der Waals surface area contributed by atoms with Crippen LogP contribution in [0.15, 0.2) is 60.8 Å². The number of carboxylic acids is 1. The van der Waals surface area contributed by atoms with E-state index >= 15 is 0 Å². The minimum Gasteiger partial charge on any atom is -0.487 e. The van der Waals surface area contributed by atoms with Gasteiger partial charge in [0.05, 0.1) is 18.3 Å². The number of ether oxygens (including phenoxy) is 1. The fourth-order valence-corrected chi connectivity index (χ4v) is 6.29. The zero-order chi connectivity index (χ0) is 36.7. The SMILES string of the molecule is CNC(C)C(=O)NC(CC(C)C)C(=O)N1CC2CC1C(=O)NC(Cc1ccccc1)C(=O)NC(C(=O)O)Cc1ccc(cc1)OCc1cn2nn1. The van der Waals surface area contributed by atoms with Crippen LogP contribution in [-0.4, -0.2) is 98.4 Å². The quantitative estimate of drug-likeness (QED) is 0.215. The molecule has 2 aromatic carbocycles. The molecule has 3 aromatic rings. The Balaban J connectivity index is 1.51. The standard InChI is InChI=1S/C36H46N8O7/c1-21(2)14-29(39-32(45)22(3)37-4)35(48)43-19-26-17-31(43)34(47)38-28(15-23-8-6-5-7-9-23)33(46)40-30(36(49)50)16-24-10-12-27(13-11-24)51-20-25-18-44(26)42-41-25/h5-13,18,21-22,26,28-31,37H,14-17,19-20H2,1-4H3,(H,38,47)(H,39,45)(H,40,46)(H,49,50). The van der Waals surface area contributed by atoms with E-state index in [1.165, 1.54) is 4.90 Å². The summed E-state index contributed by atoms with van der Waals surface area (Å²) in [5.41, 5.74) is 1.92. The van der Waals surface area contributed by atoms with Crippen molar-refractivity contribution in [3.8, 4) is 5.75 Å². The number of benzene rings is 2. The van der Waals surface area contributed by atoms with Crippen LogP contribution < -0.4 is 26.0 Å². The molecular formula is C36H46N8O7. The highest BCUT2D eigenvalue weighted by atomic mass is 16.5. The maximum Gasteiger partial charge on any atom is 0.326 e. The third kappa shape index (κ3) is 9.48. The summed E-state index contributed by atoms with van der Waals surface area (Å²) < 4.78 is 7.50. The van der Waals surface area contributed by atoms with Crippen molar-refractivity contribution in [2.45, 2.75) is 89.3 Å². The van der Waals surface area contributed by atoms with Gasteiger partial charge >= 0.3 is 5.97 Å². The average molecular weight is 703 g/mol. The van der Waals surface area contributed by atoms with E-state index in [4.69, 9.17) is 4.74 Å². The number of nitrogens with one attached hydrogen (secondary N) is 4. The third-order valence-corrected chi connectivity index (χ3v) is 9.22. The van der Waals surface area contributed by atoms with Crippen molar-refractivity contribution in [1.29, 1.82) is 0 Å². The van der Waals surface area contributed by atoms with Crippen molar-refractivity contribution >= 4 is 29.6 Å². The van der Waals surface area contributed by atoms with Crippen LogP contribution in [0.2, 0.25) is 0 Å². The van der Waals surface area contributed by atoms with Gasteiger partial charge in [-0.15, -0.1) is 5.10 Å². The average Bonchev–Trinajstić information content (AvgIpc) is 3.77. The van der Waals surface area contributed by atoms with Gasteiger partial charge in [-0.05, 0) is 49.6 Å². The highest BCUT2D eigenvalue weighted by Crippen LogP contribution is 2.29. The topological polar surface area (TPSA) is 197 Å². The Kier molecular flexibility index (Phi) is 12.0. The summed E-state index contributed by atoms with van der Waals surface area (Å²) in [6.07, 6.45) is 2.25. The number of carbonyl (C=O) groups is 5. The number of carbonyl (C=O) groups excluding carboxylic acids is 4. The number of rotatable bonds is 9. The molecule has 4 amide bonds. The van der Waals surface area contributed by atoms with Crippen LogP contribution in [-0.2, 0) is 43.4 Å². The van der Waals surface area contributed by atoms with Crippen molar-refractivity contribution in [2.24, 2.45) is 5.92 Å². The number of fused-ring (bicyclic) bond motifs is 9. The monoisotopic (exact) mass is 702 g/mol. The summed E-state index contributed by atoms with van der Waals surface area (Å²) in [7, 11) is 1.65. The first-order chi connectivity index (χ1) is 24.4. The Hall–Kier alpha value is -5.31. The lowest BCUT2D eigenvalue weighted by atomic mass is 10.0. The zero-order valence-corrected chi connectivity index (χ0v) is 29.2. The molecule has 1 saturated heterocycles. The molecule has 0 radical (unpaired) electrons. The van der Waals surface area contributed by atoms with Crippen LogP contribution in [0.1, 0.15) is 56.5 Å². The molecule has 0 saturated carbocycles. The Bertz CT molecular complexity index is 1700. The second-order valence-electron chi connectivity index (χ2n) is 13.6. The Morgan fingerprint density at radius 1 is 1.02 bits per heavy atom. The molecule has 15 nitrogen and oxygen atoms in total. The summed E-state index contributed by atoms with van der Waals surface area (Å²) in [5.74, 6) is -2.74. The molecule has 3 aliphatic rings. The predicted molar refractivity (Wildman–Crippen MR) is 185 cm³/mol. The van der Waals surface area contributed by atoms with Gasteiger partial charge in [-0.1, -0.05) is 61.5 Å². The van der Waals surface area contributed by atoms with Gasteiger partial charge in [-0.2, -0.15) is 0 Å². The van der Waals surface area contributed by atoms with E-state index in [1.807, 2.05) is 19.9 Å². The highest BCUT2D eigenvalue weighted by Gasteiger charge is 2.44. The molecule has 1 aromatic heterocycles. The second-order valence-corrected chi connectivity index (χ2v) is 13.6. The molecule has 3 aliphatic heterocycles.